The second-order valence-corrected chi connectivity index (χ2v) is 16.5. The van der Waals surface area contributed by atoms with E-state index in [9.17, 15) is 14.3 Å². The molecular formula is C41H81NO7P+. The average Bonchev–Trinajstić information content (AvgIpc) is 3.06. The number of nitrogens with zero attached hydrogens (tertiary/aromatic N) is 1. The lowest BCUT2D eigenvalue weighted by atomic mass is 10.0. The molecule has 0 aromatic rings. The van der Waals surface area contributed by atoms with Crippen molar-refractivity contribution in [3.8, 4) is 0 Å². The number of allylic oxidation sites excluding steroid dienone is 3. The lowest BCUT2D eigenvalue weighted by Crippen LogP contribution is -2.37. The fourth-order valence-corrected chi connectivity index (χ4v) is 6.31. The summed E-state index contributed by atoms with van der Waals surface area (Å²) in [4.78, 5) is 22.8. The van der Waals surface area contributed by atoms with Gasteiger partial charge in [0.05, 0.1) is 34.0 Å². The second kappa shape index (κ2) is 34.9. The molecule has 1 N–H and O–H groups in total. The number of likely N-dealkylation sites (N-methyl/N-ethyl adjacent to an activating group) is 1. The third-order valence-electron chi connectivity index (χ3n) is 8.83. The smallest absolute Gasteiger partial charge is 0.472 e. The number of phosphoric ester groups is 1. The van der Waals surface area contributed by atoms with Crippen molar-refractivity contribution in [1.29, 1.82) is 0 Å². The Morgan fingerprint density at radius 1 is 0.620 bits per heavy atom. The van der Waals surface area contributed by atoms with Gasteiger partial charge in [-0.3, -0.25) is 13.8 Å². The molecule has 50 heavy (non-hydrogen) atoms. The number of esters is 1. The van der Waals surface area contributed by atoms with Gasteiger partial charge in [0.2, 0.25) is 0 Å². The van der Waals surface area contributed by atoms with Gasteiger partial charge in [-0.15, -0.1) is 0 Å². The van der Waals surface area contributed by atoms with Crippen LogP contribution in [0.5, 0.6) is 0 Å². The van der Waals surface area contributed by atoms with Crippen LogP contribution < -0.4 is 0 Å². The first-order valence-electron chi connectivity index (χ1n) is 20.6. The van der Waals surface area contributed by atoms with E-state index >= 15 is 0 Å². The zero-order chi connectivity index (χ0) is 37.0. The standard InChI is InChI=1S/C41H80NO7P/c1-6-8-10-12-14-16-18-20-22-24-26-28-30-32-34-41(43)49-40(39-48-50(44,45)47-37-35-42(3,4)5)38-46-36-33-31-29-27-25-23-21-19-17-15-13-11-9-7-2/h18,20,33,36,40H,6-17,19,21-32,34-35,37-39H2,1-5H3/p+1/b20-18+,36-33+/t40-/m1/s1. The Labute approximate surface area is 309 Å². The summed E-state index contributed by atoms with van der Waals surface area (Å²) in [5, 5.41) is 0. The molecule has 0 aromatic heterocycles. The van der Waals surface area contributed by atoms with Gasteiger partial charge < -0.3 is 18.9 Å². The van der Waals surface area contributed by atoms with Crippen molar-refractivity contribution in [3.05, 3.63) is 24.5 Å². The van der Waals surface area contributed by atoms with Crippen molar-refractivity contribution >= 4 is 13.8 Å². The number of rotatable bonds is 38. The van der Waals surface area contributed by atoms with Crippen LogP contribution in [0.25, 0.3) is 0 Å². The van der Waals surface area contributed by atoms with Gasteiger partial charge in [0, 0.05) is 6.42 Å². The molecule has 0 aromatic carbocycles. The zero-order valence-electron chi connectivity index (χ0n) is 33.4. The Bertz CT molecular complexity index is 858. The highest BCUT2D eigenvalue weighted by atomic mass is 31.2. The second-order valence-electron chi connectivity index (χ2n) is 15.1. The van der Waals surface area contributed by atoms with E-state index in [4.69, 9.17) is 18.5 Å². The van der Waals surface area contributed by atoms with Crippen LogP contribution in [0.3, 0.4) is 0 Å². The van der Waals surface area contributed by atoms with Gasteiger partial charge in [0.15, 0.2) is 6.10 Å². The molecular weight excluding hydrogens is 649 g/mol. The molecule has 0 fully saturated rings. The van der Waals surface area contributed by atoms with Crippen molar-refractivity contribution in [2.24, 2.45) is 0 Å². The molecule has 8 nitrogen and oxygen atoms in total. The number of phosphoric acid groups is 1. The van der Waals surface area contributed by atoms with E-state index in [1.165, 1.54) is 116 Å². The van der Waals surface area contributed by atoms with Gasteiger partial charge in [0.25, 0.3) is 0 Å². The van der Waals surface area contributed by atoms with E-state index in [0.717, 1.165) is 44.9 Å². The molecule has 1 unspecified atom stereocenters. The number of hydrogen-bond donors (Lipinski definition) is 1. The van der Waals surface area contributed by atoms with E-state index in [1.807, 2.05) is 27.2 Å². The Balaban J connectivity index is 4.33. The number of hydrogen-bond acceptors (Lipinski definition) is 6. The first-order valence-corrected chi connectivity index (χ1v) is 22.1. The van der Waals surface area contributed by atoms with Crippen molar-refractivity contribution in [1.82, 2.24) is 0 Å². The lowest BCUT2D eigenvalue weighted by Gasteiger charge is -2.24. The highest BCUT2D eigenvalue weighted by Crippen LogP contribution is 2.43. The summed E-state index contributed by atoms with van der Waals surface area (Å²) in [6.07, 6.45) is 38.7. The van der Waals surface area contributed by atoms with E-state index in [2.05, 4.69) is 26.0 Å². The van der Waals surface area contributed by atoms with Gasteiger partial charge in [-0.2, -0.15) is 0 Å². The summed E-state index contributed by atoms with van der Waals surface area (Å²) >= 11 is 0. The molecule has 9 heteroatoms. The molecule has 0 heterocycles. The highest BCUT2D eigenvalue weighted by Gasteiger charge is 2.26. The van der Waals surface area contributed by atoms with Gasteiger partial charge in [-0.25, -0.2) is 4.57 Å². The Morgan fingerprint density at radius 3 is 1.54 bits per heavy atom. The minimum absolute atomic E-state index is 0.0474. The topological polar surface area (TPSA) is 91.3 Å². The van der Waals surface area contributed by atoms with Crippen LogP contribution in [0, 0.1) is 0 Å². The van der Waals surface area contributed by atoms with E-state index in [0.29, 0.717) is 17.4 Å². The molecule has 0 aliphatic carbocycles. The van der Waals surface area contributed by atoms with Gasteiger partial charge in [0.1, 0.15) is 19.8 Å². The monoisotopic (exact) mass is 731 g/mol. The summed E-state index contributed by atoms with van der Waals surface area (Å²) in [5.41, 5.74) is 0. The minimum atomic E-state index is -4.28. The molecule has 0 radical (unpaired) electrons. The third-order valence-corrected chi connectivity index (χ3v) is 9.81. The Hall–Kier alpha value is -1.18. The fourth-order valence-electron chi connectivity index (χ4n) is 5.57. The molecule has 0 saturated heterocycles. The van der Waals surface area contributed by atoms with Gasteiger partial charge in [-0.1, -0.05) is 142 Å². The van der Waals surface area contributed by atoms with Crippen molar-refractivity contribution in [2.45, 2.75) is 187 Å². The molecule has 0 aliphatic heterocycles. The van der Waals surface area contributed by atoms with Crippen LogP contribution in [0.4, 0.5) is 0 Å². The third kappa shape index (κ3) is 38.1. The predicted molar refractivity (Wildman–Crippen MR) is 210 cm³/mol. The molecule has 2 atom stereocenters. The SMILES string of the molecule is CCCCCCC/C=C/CCCCCCCC(=O)O[C@H](CO/C=C/CCCCCCCCCCCCCC)COP(=O)(O)OCC[N+](C)(C)C. The lowest BCUT2D eigenvalue weighted by molar-refractivity contribution is -0.870. The van der Waals surface area contributed by atoms with Crippen LogP contribution in [-0.2, 0) is 27.9 Å². The maximum Gasteiger partial charge on any atom is 0.472 e. The quantitative estimate of drug-likeness (QED) is 0.0169. The van der Waals surface area contributed by atoms with E-state index in [1.54, 1.807) is 6.26 Å². The maximum atomic E-state index is 12.6. The molecule has 0 spiro atoms. The molecule has 0 bridgehead atoms. The van der Waals surface area contributed by atoms with Crippen LogP contribution in [0.15, 0.2) is 24.5 Å². The van der Waals surface area contributed by atoms with E-state index in [-0.39, 0.29) is 25.8 Å². The summed E-state index contributed by atoms with van der Waals surface area (Å²) in [5.74, 6) is -0.344. The largest absolute Gasteiger partial charge is 0.498 e. The number of carbonyl (C=O) groups excluding carboxylic acids is 1. The molecule has 0 aliphatic rings. The molecule has 296 valence electrons. The van der Waals surface area contributed by atoms with Crippen LogP contribution in [-0.4, -0.2) is 69.0 Å². The summed E-state index contributed by atoms with van der Waals surface area (Å²) in [7, 11) is 1.63. The summed E-state index contributed by atoms with van der Waals surface area (Å²) in [6, 6.07) is 0. The summed E-state index contributed by atoms with van der Waals surface area (Å²) in [6.45, 7) is 4.92. The Kier molecular flexibility index (Phi) is 34.1. The molecule has 0 rings (SSSR count). The first kappa shape index (κ1) is 48.8. The summed E-state index contributed by atoms with van der Waals surface area (Å²) < 4.78 is 34.6. The van der Waals surface area contributed by atoms with E-state index < -0.39 is 13.9 Å². The maximum absolute atomic E-state index is 12.6. The molecule has 0 amide bonds. The van der Waals surface area contributed by atoms with Gasteiger partial charge in [-0.05, 0) is 51.0 Å². The zero-order valence-corrected chi connectivity index (χ0v) is 34.3. The highest BCUT2D eigenvalue weighted by molar-refractivity contribution is 7.47. The number of ether oxygens (including phenoxy) is 2. The number of quaternary nitrogens is 1. The number of unbranched alkanes of at least 4 members (excludes halogenated alkanes) is 22. The van der Waals surface area contributed by atoms with Crippen LogP contribution >= 0.6 is 7.82 Å². The minimum Gasteiger partial charge on any atom is -0.498 e. The van der Waals surface area contributed by atoms with Crippen molar-refractivity contribution in [2.75, 3.05) is 47.5 Å². The van der Waals surface area contributed by atoms with Gasteiger partial charge >= 0.3 is 13.8 Å². The Morgan fingerprint density at radius 2 is 1.06 bits per heavy atom. The van der Waals surface area contributed by atoms with Crippen molar-refractivity contribution < 1.29 is 37.3 Å². The van der Waals surface area contributed by atoms with Crippen LogP contribution in [0.1, 0.15) is 181 Å². The normalized spacial score (nSPS) is 14.0. The first-order chi connectivity index (χ1) is 24.1. The predicted octanol–water partition coefficient (Wildman–Crippen LogP) is 12.0. The average molecular weight is 731 g/mol. The number of carbonyl (C=O) groups is 1. The fraction of sp³-hybridized carbons (Fsp3) is 0.878. The van der Waals surface area contributed by atoms with Crippen molar-refractivity contribution in [3.63, 3.8) is 0 Å². The van der Waals surface area contributed by atoms with Crippen LogP contribution in [0.2, 0.25) is 0 Å². The molecule has 0 saturated carbocycles.